The number of hydrogen-bond acceptors (Lipinski definition) is 7. The van der Waals surface area contributed by atoms with Crippen molar-refractivity contribution in [2.24, 2.45) is 12.8 Å². The molecule has 1 aliphatic rings. The number of allylic oxidation sites excluding steroid dienone is 2. The van der Waals surface area contributed by atoms with E-state index in [4.69, 9.17) is 5.73 Å². The number of nitrogens with zero attached hydrogens (tertiary/aromatic N) is 7. The maximum Gasteiger partial charge on any atom is 0.331 e. The Hall–Kier alpha value is -4.15. The largest absolute Gasteiger partial charge is 0.355 e. The van der Waals surface area contributed by atoms with Crippen molar-refractivity contribution in [1.82, 2.24) is 18.7 Å². The first-order valence-corrected chi connectivity index (χ1v) is 11.5. The zero-order valence-electron chi connectivity index (χ0n) is 20.2. The Kier molecular flexibility index (Phi) is 6.59. The lowest BCUT2D eigenvalue weighted by molar-refractivity contribution is 0.498. The van der Waals surface area contributed by atoms with Crippen LogP contribution in [0.25, 0.3) is 11.0 Å². The summed E-state index contributed by atoms with van der Waals surface area (Å²) < 4.78 is 4.24. The van der Waals surface area contributed by atoms with Crippen LogP contribution in [0.2, 0.25) is 0 Å². The van der Waals surface area contributed by atoms with E-state index in [-0.39, 0.29) is 23.7 Å². The summed E-state index contributed by atoms with van der Waals surface area (Å²) in [6, 6.07) is 7.50. The van der Waals surface area contributed by atoms with Gasteiger partial charge in [-0.25, -0.2) is 4.79 Å². The third kappa shape index (κ3) is 4.25. The van der Waals surface area contributed by atoms with Crippen molar-refractivity contribution in [1.29, 1.82) is 10.5 Å². The molecule has 0 amide bonds. The molecular formula is C25H28N8O2. The fourth-order valence-electron chi connectivity index (χ4n) is 4.67. The number of pyridine rings is 1. The number of aromatic nitrogens is 4. The summed E-state index contributed by atoms with van der Waals surface area (Å²) in [6.07, 6.45) is 5.27. The van der Waals surface area contributed by atoms with Gasteiger partial charge in [0, 0.05) is 38.9 Å². The lowest BCUT2D eigenvalue weighted by atomic mass is 10.1. The number of anilines is 1. The predicted molar refractivity (Wildman–Crippen MR) is 133 cm³/mol. The van der Waals surface area contributed by atoms with E-state index in [9.17, 15) is 20.1 Å². The van der Waals surface area contributed by atoms with Gasteiger partial charge >= 0.3 is 5.69 Å². The fraction of sp³-hybridized carbons (Fsp3) is 0.400. The molecule has 1 saturated heterocycles. The normalized spacial score (nSPS) is 15.6. The zero-order valence-corrected chi connectivity index (χ0v) is 20.2. The molecule has 180 valence electrons. The molecule has 0 bridgehead atoms. The fourth-order valence-corrected chi connectivity index (χ4v) is 4.67. The molecule has 1 atom stereocenters. The molecule has 4 heterocycles. The van der Waals surface area contributed by atoms with Gasteiger partial charge in [0.1, 0.15) is 29.0 Å². The topological polar surface area (TPSA) is 139 Å². The van der Waals surface area contributed by atoms with Crippen LogP contribution in [0, 0.1) is 22.7 Å². The minimum Gasteiger partial charge on any atom is -0.355 e. The van der Waals surface area contributed by atoms with Gasteiger partial charge in [-0.2, -0.15) is 10.5 Å². The Labute approximate surface area is 202 Å². The molecule has 10 nitrogen and oxygen atoms in total. The van der Waals surface area contributed by atoms with Crippen molar-refractivity contribution in [2.45, 2.75) is 45.8 Å². The highest BCUT2D eigenvalue weighted by Gasteiger charge is 2.29. The van der Waals surface area contributed by atoms with Crippen molar-refractivity contribution in [2.75, 3.05) is 18.0 Å². The number of fused-ring (bicyclic) bond motifs is 1. The minimum atomic E-state index is -0.574. The number of nitrogens with two attached hydrogens (primary N) is 1. The minimum absolute atomic E-state index is 0.0424. The molecular weight excluding hydrogens is 444 g/mol. The van der Waals surface area contributed by atoms with Gasteiger partial charge in [0.2, 0.25) is 0 Å². The van der Waals surface area contributed by atoms with Gasteiger partial charge < -0.3 is 15.2 Å². The highest BCUT2D eigenvalue weighted by atomic mass is 16.2. The van der Waals surface area contributed by atoms with Gasteiger partial charge in [0.25, 0.3) is 5.56 Å². The van der Waals surface area contributed by atoms with Crippen LogP contribution in [0.5, 0.6) is 0 Å². The summed E-state index contributed by atoms with van der Waals surface area (Å²) in [5, 5.41) is 19.6. The molecule has 1 aliphatic heterocycles. The summed E-state index contributed by atoms with van der Waals surface area (Å²) in [4.78, 5) is 33.5. The van der Waals surface area contributed by atoms with Gasteiger partial charge in [-0.3, -0.25) is 18.9 Å². The molecule has 0 saturated carbocycles. The Morgan fingerprint density at radius 1 is 1.23 bits per heavy atom. The van der Waals surface area contributed by atoms with Gasteiger partial charge in [0.15, 0.2) is 0 Å². The summed E-state index contributed by atoms with van der Waals surface area (Å²) in [6.45, 7) is 5.40. The third-order valence-corrected chi connectivity index (χ3v) is 6.38. The smallest absolute Gasteiger partial charge is 0.331 e. The first-order valence-electron chi connectivity index (χ1n) is 11.5. The van der Waals surface area contributed by atoms with E-state index in [0.29, 0.717) is 42.2 Å². The zero-order chi connectivity index (χ0) is 25.3. The summed E-state index contributed by atoms with van der Waals surface area (Å²) in [5.74, 6) is 0.607. The molecule has 0 radical (unpaired) electrons. The molecule has 3 aromatic rings. The molecule has 35 heavy (non-hydrogen) atoms. The van der Waals surface area contributed by atoms with Crippen molar-refractivity contribution < 1.29 is 0 Å². The average molecular weight is 473 g/mol. The van der Waals surface area contributed by atoms with E-state index < -0.39 is 11.2 Å². The van der Waals surface area contributed by atoms with Crippen LogP contribution < -0.4 is 21.9 Å². The average Bonchev–Trinajstić information content (AvgIpc) is 3.18. The molecule has 4 rings (SSSR count). The molecule has 1 unspecified atom stereocenters. The first-order chi connectivity index (χ1) is 16.8. The Morgan fingerprint density at radius 3 is 2.66 bits per heavy atom. The number of rotatable bonds is 5. The number of hydrogen-bond donors (Lipinski definition) is 1. The second-order valence-corrected chi connectivity index (χ2v) is 9.09. The van der Waals surface area contributed by atoms with Gasteiger partial charge in [-0.15, -0.1) is 0 Å². The van der Waals surface area contributed by atoms with E-state index in [2.05, 4.69) is 17.1 Å². The number of aryl methyl sites for hydroxylation is 1. The van der Waals surface area contributed by atoms with Crippen LogP contribution in [0.15, 0.2) is 39.6 Å². The highest BCUT2D eigenvalue weighted by molar-refractivity contribution is 5.90. The molecule has 1 fully saturated rings. The van der Waals surface area contributed by atoms with Crippen LogP contribution >= 0.6 is 0 Å². The highest BCUT2D eigenvalue weighted by Crippen LogP contribution is 2.32. The molecule has 0 aliphatic carbocycles. The van der Waals surface area contributed by atoms with Gasteiger partial charge in [-0.1, -0.05) is 11.6 Å². The third-order valence-electron chi connectivity index (χ3n) is 6.38. The van der Waals surface area contributed by atoms with Gasteiger partial charge in [0.05, 0.1) is 23.3 Å². The van der Waals surface area contributed by atoms with E-state index in [0.717, 1.165) is 23.0 Å². The van der Waals surface area contributed by atoms with E-state index in [1.807, 2.05) is 29.4 Å². The van der Waals surface area contributed by atoms with Gasteiger partial charge in [-0.05, 0) is 38.8 Å². The van der Waals surface area contributed by atoms with Crippen molar-refractivity contribution >= 4 is 16.9 Å². The second-order valence-electron chi connectivity index (χ2n) is 9.09. The lowest BCUT2D eigenvalue weighted by Gasteiger charge is -2.33. The first kappa shape index (κ1) is 24.0. The van der Waals surface area contributed by atoms with E-state index >= 15 is 0 Å². The lowest BCUT2D eigenvalue weighted by Crippen LogP contribution is -2.44. The van der Waals surface area contributed by atoms with Crippen LogP contribution in [-0.4, -0.2) is 37.8 Å². The summed E-state index contributed by atoms with van der Waals surface area (Å²) >= 11 is 0. The predicted octanol–water partition coefficient (Wildman–Crippen LogP) is 1.58. The van der Waals surface area contributed by atoms with Crippen molar-refractivity contribution in [3.05, 3.63) is 67.6 Å². The molecule has 0 aromatic carbocycles. The second kappa shape index (κ2) is 9.61. The standard InChI is InChI=1S/C25H28N8O2/c1-16(2)8-11-32-22-21(19(13-27)23(32)31-10-5-7-18(28)14-31)30(3)25(35)33(24(22)34)15-20-17(12-26)6-4-9-29-20/h4,6,8-9,18H,5,7,10-11,14-15,28H2,1-3H3. The molecule has 10 heteroatoms. The Morgan fingerprint density at radius 2 is 2.00 bits per heavy atom. The van der Waals surface area contributed by atoms with Crippen molar-refractivity contribution in [3.63, 3.8) is 0 Å². The van der Waals surface area contributed by atoms with Crippen LogP contribution in [0.4, 0.5) is 5.82 Å². The Balaban J connectivity index is 2.05. The summed E-state index contributed by atoms with van der Waals surface area (Å²) in [7, 11) is 1.56. The van der Waals surface area contributed by atoms with Crippen LogP contribution in [0.1, 0.15) is 43.5 Å². The van der Waals surface area contributed by atoms with E-state index in [1.165, 1.54) is 10.8 Å². The maximum absolute atomic E-state index is 13.8. The maximum atomic E-state index is 13.8. The molecule has 3 aromatic heterocycles. The quantitative estimate of drug-likeness (QED) is 0.556. The van der Waals surface area contributed by atoms with Crippen molar-refractivity contribution in [3.8, 4) is 12.1 Å². The van der Waals surface area contributed by atoms with E-state index in [1.54, 1.807) is 19.2 Å². The Bertz CT molecular complexity index is 1520. The monoisotopic (exact) mass is 472 g/mol. The summed E-state index contributed by atoms with van der Waals surface area (Å²) in [5.41, 5.74) is 7.69. The SMILES string of the molecule is CC(C)=CCn1c(N2CCCC(N)C2)c(C#N)c2c1c(=O)n(Cc1ncccc1C#N)c(=O)n2C. The number of piperidine rings is 1. The van der Waals surface area contributed by atoms with Crippen LogP contribution in [-0.2, 0) is 20.1 Å². The number of nitriles is 2. The molecule has 0 spiro atoms. The van der Waals surface area contributed by atoms with Crippen LogP contribution in [0.3, 0.4) is 0 Å². The molecule has 2 N–H and O–H groups in total.